The van der Waals surface area contributed by atoms with Crippen LogP contribution in [-0.2, 0) is 14.8 Å². The van der Waals surface area contributed by atoms with Crippen molar-refractivity contribution in [2.24, 2.45) is 5.41 Å². The lowest BCUT2D eigenvalue weighted by molar-refractivity contribution is -0.121. The van der Waals surface area contributed by atoms with Crippen LogP contribution >= 0.6 is 0 Å². The molecule has 164 valence electrons. The highest BCUT2D eigenvalue weighted by Crippen LogP contribution is 2.24. The van der Waals surface area contributed by atoms with Gasteiger partial charge in [0.1, 0.15) is 0 Å². The lowest BCUT2D eigenvalue weighted by Gasteiger charge is -2.29. The first-order valence-corrected chi connectivity index (χ1v) is 11.5. The Balaban J connectivity index is 2.14. The topological polar surface area (TPSA) is 69.7 Å². The van der Waals surface area contributed by atoms with Gasteiger partial charge in [-0.3, -0.25) is 9.10 Å². The summed E-state index contributed by atoms with van der Waals surface area (Å²) in [6, 6.07) is 15.6. The molecule has 0 aliphatic rings. The smallest absolute Gasteiger partial charge is 0.264 e. The fraction of sp³-hybridized carbons (Fsp3) is 0.435. The van der Waals surface area contributed by atoms with Gasteiger partial charge in [-0.25, -0.2) is 8.42 Å². The van der Waals surface area contributed by atoms with E-state index in [4.69, 9.17) is 0 Å². The van der Waals surface area contributed by atoms with Crippen molar-refractivity contribution in [1.82, 2.24) is 10.2 Å². The van der Waals surface area contributed by atoms with Crippen LogP contribution in [0.25, 0.3) is 0 Å². The predicted octanol–water partition coefficient (Wildman–Crippen LogP) is 3.28. The standard InChI is InChI=1S/C23H33N3O3S/c1-19-11-13-21(14-12-19)30(28,29)26(20-9-7-6-8-10-20)16-15-22(27)24-17-23(2,3)18-25(4)5/h6-14H,15-18H2,1-5H3,(H,24,27). The van der Waals surface area contributed by atoms with Crippen molar-refractivity contribution in [2.75, 3.05) is 38.0 Å². The number of carbonyl (C=O) groups is 1. The van der Waals surface area contributed by atoms with Gasteiger partial charge in [0, 0.05) is 26.1 Å². The van der Waals surface area contributed by atoms with Crippen molar-refractivity contribution in [3.8, 4) is 0 Å². The van der Waals surface area contributed by atoms with Crippen LogP contribution in [0.2, 0.25) is 0 Å². The first-order valence-electron chi connectivity index (χ1n) is 10.1. The summed E-state index contributed by atoms with van der Waals surface area (Å²) in [5.74, 6) is -0.165. The summed E-state index contributed by atoms with van der Waals surface area (Å²) in [5.41, 5.74) is 1.45. The van der Waals surface area contributed by atoms with Gasteiger partial charge in [-0.05, 0) is 50.7 Å². The second-order valence-corrected chi connectivity index (χ2v) is 10.5. The van der Waals surface area contributed by atoms with E-state index in [0.717, 1.165) is 12.1 Å². The fourth-order valence-corrected chi connectivity index (χ4v) is 4.83. The lowest BCUT2D eigenvalue weighted by Crippen LogP contribution is -2.41. The van der Waals surface area contributed by atoms with Gasteiger partial charge in [-0.15, -0.1) is 0 Å². The van der Waals surface area contributed by atoms with Gasteiger partial charge in [0.25, 0.3) is 10.0 Å². The predicted molar refractivity (Wildman–Crippen MR) is 122 cm³/mol. The zero-order chi connectivity index (χ0) is 22.4. The maximum absolute atomic E-state index is 13.3. The van der Waals surface area contributed by atoms with E-state index in [0.29, 0.717) is 12.2 Å². The quantitative estimate of drug-likeness (QED) is 0.627. The van der Waals surface area contributed by atoms with E-state index >= 15 is 0 Å². The third-order valence-electron chi connectivity index (χ3n) is 4.70. The number of hydrogen-bond donors (Lipinski definition) is 1. The van der Waals surface area contributed by atoms with Crippen molar-refractivity contribution in [3.05, 3.63) is 60.2 Å². The van der Waals surface area contributed by atoms with E-state index in [1.165, 1.54) is 4.31 Å². The Morgan fingerprint density at radius 1 is 1.00 bits per heavy atom. The van der Waals surface area contributed by atoms with Crippen LogP contribution in [0.15, 0.2) is 59.5 Å². The van der Waals surface area contributed by atoms with Crippen molar-refractivity contribution >= 4 is 21.6 Å². The molecule has 0 heterocycles. The molecule has 1 amide bonds. The number of carbonyl (C=O) groups excluding carboxylic acids is 1. The van der Waals surface area contributed by atoms with Gasteiger partial charge in [0.15, 0.2) is 0 Å². The summed E-state index contributed by atoms with van der Waals surface area (Å²) >= 11 is 0. The number of sulfonamides is 1. The Morgan fingerprint density at radius 2 is 1.60 bits per heavy atom. The van der Waals surface area contributed by atoms with E-state index in [-0.39, 0.29) is 29.2 Å². The molecule has 2 aromatic rings. The number of amides is 1. The van der Waals surface area contributed by atoms with Gasteiger partial charge in [-0.1, -0.05) is 49.7 Å². The highest BCUT2D eigenvalue weighted by atomic mass is 32.2. The zero-order valence-corrected chi connectivity index (χ0v) is 19.4. The van der Waals surface area contributed by atoms with Gasteiger partial charge in [0.05, 0.1) is 10.6 Å². The molecule has 0 atom stereocenters. The molecule has 0 saturated carbocycles. The Morgan fingerprint density at radius 3 is 2.17 bits per heavy atom. The summed E-state index contributed by atoms with van der Waals surface area (Å²) in [5, 5.41) is 2.95. The van der Waals surface area contributed by atoms with Crippen LogP contribution in [0, 0.1) is 12.3 Å². The van der Waals surface area contributed by atoms with Crippen LogP contribution in [0.5, 0.6) is 0 Å². The SMILES string of the molecule is Cc1ccc(S(=O)(=O)N(CCC(=O)NCC(C)(C)CN(C)C)c2ccccc2)cc1. The number of aryl methyl sites for hydroxylation is 1. The number of nitrogens with one attached hydrogen (secondary N) is 1. The van der Waals surface area contributed by atoms with Crippen molar-refractivity contribution in [3.63, 3.8) is 0 Å². The molecule has 2 aromatic carbocycles. The molecule has 0 aliphatic carbocycles. The molecule has 0 radical (unpaired) electrons. The van der Waals surface area contributed by atoms with Crippen LogP contribution in [-0.4, -0.2) is 53.0 Å². The largest absolute Gasteiger partial charge is 0.355 e. The minimum Gasteiger partial charge on any atom is -0.355 e. The molecule has 0 bridgehead atoms. The zero-order valence-electron chi connectivity index (χ0n) is 18.6. The Kier molecular flexibility index (Phi) is 8.03. The first-order chi connectivity index (χ1) is 14.0. The van der Waals surface area contributed by atoms with Gasteiger partial charge >= 0.3 is 0 Å². The second-order valence-electron chi connectivity index (χ2n) is 8.65. The molecule has 6 nitrogen and oxygen atoms in total. The first kappa shape index (κ1) is 23.9. The number of hydrogen-bond acceptors (Lipinski definition) is 4. The number of nitrogens with zero attached hydrogens (tertiary/aromatic N) is 2. The summed E-state index contributed by atoms with van der Waals surface area (Å²) in [7, 11) is 0.215. The summed E-state index contributed by atoms with van der Waals surface area (Å²) < 4.78 is 27.9. The Hall–Kier alpha value is -2.38. The van der Waals surface area contributed by atoms with Gasteiger partial charge < -0.3 is 10.2 Å². The van der Waals surface area contributed by atoms with Gasteiger partial charge in [0.2, 0.25) is 5.91 Å². The second kappa shape index (κ2) is 10.1. The Labute approximate surface area is 180 Å². The molecular formula is C23H33N3O3S. The third kappa shape index (κ3) is 6.85. The molecule has 0 aliphatic heterocycles. The molecule has 7 heteroatoms. The highest BCUT2D eigenvalue weighted by molar-refractivity contribution is 7.92. The molecule has 2 rings (SSSR count). The van der Waals surface area contributed by atoms with E-state index < -0.39 is 10.0 Å². The van der Waals surface area contributed by atoms with Crippen molar-refractivity contribution in [2.45, 2.75) is 32.1 Å². The van der Waals surface area contributed by atoms with E-state index in [1.807, 2.05) is 27.1 Å². The monoisotopic (exact) mass is 431 g/mol. The minimum absolute atomic E-state index is 0.0696. The number of benzene rings is 2. The minimum atomic E-state index is -3.78. The molecule has 0 saturated heterocycles. The number of anilines is 1. The molecule has 0 fully saturated rings. The molecule has 1 N–H and O–H groups in total. The van der Waals surface area contributed by atoms with E-state index in [9.17, 15) is 13.2 Å². The fourth-order valence-electron chi connectivity index (χ4n) is 3.36. The Bertz CT molecular complexity index is 924. The summed E-state index contributed by atoms with van der Waals surface area (Å²) in [6.07, 6.45) is 0.0814. The average molecular weight is 432 g/mol. The molecule has 30 heavy (non-hydrogen) atoms. The van der Waals surface area contributed by atoms with E-state index in [1.54, 1.807) is 48.5 Å². The average Bonchev–Trinajstić information content (AvgIpc) is 2.67. The molecule has 0 spiro atoms. The third-order valence-corrected chi connectivity index (χ3v) is 6.55. The van der Waals surface area contributed by atoms with Crippen LogP contribution in [0.3, 0.4) is 0 Å². The van der Waals surface area contributed by atoms with Crippen LogP contribution < -0.4 is 9.62 Å². The van der Waals surface area contributed by atoms with Crippen LogP contribution in [0.1, 0.15) is 25.8 Å². The van der Waals surface area contributed by atoms with E-state index in [2.05, 4.69) is 24.1 Å². The van der Waals surface area contributed by atoms with Crippen molar-refractivity contribution in [1.29, 1.82) is 0 Å². The van der Waals surface area contributed by atoms with Gasteiger partial charge in [-0.2, -0.15) is 0 Å². The summed E-state index contributed by atoms with van der Waals surface area (Å²) in [6.45, 7) is 7.52. The summed E-state index contributed by atoms with van der Waals surface area (Å²) in [4.78, 5) is 14.8. The number of para-hydroxylation sites is 1. The van der Waals surface area contributed by atoms with Crippen molar-refractivity contribution < 1.29 is 13.2 Å². The molecular weight excluding hydrogens is 398 g/mol. The normalized spacial score (nSPS) is 12.1. The molecule has 0 aromatic heterocycles. The lowest BCUT2D eigenvalue weighted by atomic mass is 9.93. The maximum Gasteiger partial charge on any atom is 0.264 e. The highest BCUT2D eigenvalue weighted by Gasteiger charge is 2.26. The maximum atomic E-state index is 13.3. The molecule has 0 unspecified atom stereocenters. The van der Waals surface area contributed by atoms with Crippen LogP contribution in [0.4, 0.5) is 5.69 Å². The number of rotatable bonds is 10.